The maximum absolute atomic E-state index is 14.8. The zero-order valence-corrected chi connectivity index (χ0v) is 27.7. The fourth-order valence-electron chi connectivity index (χ4n) is 5.04. The molecule has 6 atom stereocenters. The molecule has 0 spiro atoms. The first-order valence-electron chi connectivity index (χ1n) is 14.3. The highest BCUT2D eigenvalue weighted by Crippen LogP contribution is 2.53. The minimum Gasteiger partial charge on any atom is -0.407 e. The van der Waals surface area contributed by atoms with Gasteiger partial charge in [-0.15, -0.1) is 0 Å². The van der Waals surface area contributed by atoms with E-state index >= 15 is 0 Å². The van der Waals surface area contributed by atoms with Gasteiger partial charge in [-0.2, -0.15) is 17.2 Å². The van der Waals surface area contributed by atoms with Crippen molar-refractivity contribution >= 4 is 41.5 Å². The van der Waals surface area contributed by atoms with Crippen molar-refractivity contribution in [2.45, 2.75) is 81.1 Å². The third-order valence-electron chi connectivity index (χ3n) is 8.64. The fraction of sp³-hybridized carbons (Fsp3) is 0.500. The van der Waals surface area contributed by atoms with Crippen molar-refractivity contribution in [3.8, 4) is 11.8 Å². The highest BCUT2D eigenvalue weighted by molar-refractivity contribution is 7.85. The Morgan fingerprint density at radius 1 is 1.21 bits per heavy atom. The van der Waals surface area contributed by atoms with Gasteiger partial charge in [0.2, 0.25) is 5.60 Å². The quantitative estimate of drug-likeness (QED) is 0.172. The number of nitrogens with one attached hydrogen (secondary N) is 1. The maximum atomic E-state index is 14.8. The first-order chi connectivity index (χ1) is 21.7. The number of nitrogens with two attached hydrogens (primary N) is 1. The second kappa shape index (κ2) is 11.8. The molecule has 0 radical (unpaired) electrons. The average Bonchev–Trinajstić information content (AvgIpc) is 3.58. The molecule has 1 saturated heterocycles. The van der Waals surface area contributed by atoms with E-state index in [1.165, 1.54) is 34.1 Å². The molecule has 1 aliphatic heterocycles. The summed E-state index contributed by atoms with van der Waals surface area (Å²) in [5.74, 6) is -2.39. The lowest BCUT2D eigenvalue weighted by Crippen LogP contribution is -2.49. The molecule has 0 saturated carbocycles. The number of imidazole rings is 1. The number of hydrogen-bond acceptors (Lipinski definition) is 13. The standard InChI is InChI=1S/C28H34F2N6O9SSi/c1-26(2,3)47(4,5)45-21-20(38)17(44-25(21)36-14-34-19-23(31)32-13-33-24(19)36)12-43-46(41,42)35-18(37)10-11-27(40)16-9-7-6-8-15(16)22(39)28(27,29)30/h6-9,13-14,17,20-22,25,38-40H,12H2,1-5H3,(H,35,37)(H2,31,32,33)/t17-,20-,21-,22+,25-,27-/m1/s1. The normalized spacial score (nSPS) is 27.3. The summed E-state index contributed by atoms with van der Waals surface area (Å²) in [6.07, 6.45) is -4.70. The molecule has 1 fully saturated rings. The van der Waals surface area contributed by atoms with Crippen molar-refractivity contribution in [3.05, 3.63) is 48.0 Å². The largest absolute Gasteiger partial charge is 0.407 e. The molecule has 3 heterocycles. The number of carbonyl (C=O) groups is 1. The van der Waals surface area contributed by atoms with Gasteiger partial charge < -0.3 is 30.2 Å². The Bertz CT molecular complexity index is 1880. The zero-order chi connectivity index (χ0) is 34.7. The van der Waals surface area contributed by atoms with Crippen molar-refractivity contribution in [3.63, 3.8) is 0 Å². The number of alkyl halides is 2. The van der Waals surface area contributed by atoms with Gasteiger partial charge in [0.1, 0.15) is 36.3 Å². The number of amides is 1. The Balaban J connectivity index is 1.33. The predicted octanol–water partition coefficient (Wildman–Crippen LogP) is 1.01. The van der Waals surface area contributed by atoms with Crippen LogP contribution >= 0.6 is 0 Å². The molecule has 5 rings (SSSR count). The molecule has 19 heteroatoms. The molecule has 1 amide bonds. The third-order valence-corrected chi connectivity index (χ3v) is 14.0. The number of aromatic nitrogens is 4. The van der Waals surface area contributed by atoms with Crippen LogP contribution < -0.4 is 10.5 Å². The van der Waals surface area contributed by atoms with E-state index < -0.39 is 78.9 Å². The minimum absolute atomic E-state index is 0.100. The molecule has 0 bridgehead atoms. The van der Waals surface area contributed by atoms with Gasteiger partial charge in [0.05, 0.1) is 12.9 Å². The number of anilines is 1. The van der Waals surface area contributed by atoms with Crippen molar-refractivity contribution in [1.82, 2.24) is 24.2 Å². The SMILES string of the molecule is CC(C)(C)[Si](C)(C)O[C@@H]1[C@H](O)[C@@H](COS(=O)(=O)NC(=O)C#C[C@@]2(O)c3ccccc3[C@H](O)C2(F)F)O[C@H]1n1cnc2c(N)ncnc21. The summed E-state index contributed by atoms with van der Waals surface area (Å²) in [7, 11) is -7.52. The van der Waals surface area contributed by atoms with Gasteiger partial charge in [-0.3, -0.25) is 13.5 Å². The maximum Gasteiger partial charge on any atom is 0.363 e. The summed E-state index contributed by atoms with van der Waals surface area (Å²) in [5, 5.41) is 31.7. The monoisotopic (exact) mass is 696 g/mol. The topological polar surface area (TPSA) is 221 Å². The zero-order valence-electron chi connectivity index (χ0n) is 25.9. The van der Waals surface area contributed by atoms with Crippen LogP contribution in [0.4, 0.5) is 14.6 Å². The van der Waals surface area contributed by atoms with Crippen LogP contribution in [-0.4, -0.2) is 88.3 Å². The number of nitrogen functional groups attached to an aromatic ring is 1. The van der Waals surface area contributed by atoms with Crippen LogP contribution in [0.1, 0.15) is 44.2 Å². The fourth-order valence-corrected chi connectivity index (χ4v) is 6.98. The highest BCUT2D eigenvalue weighted by Gasteiger charge is 2.65. The van der Waals surface area contributed by atoms with E-state index in [9.17, 15) is 37.3 Å². The summed E-state index contributed by atoms with van der Waals surface area (Å²) < 4.78 is 75.2. The van der Waals surface area contributed by atoms with Gasteiger partial charge >= 0.3 is 22.1 Å². The Kier molecular flexibility index (Phi) is 8.73. The number of ether oxygens (including phenoxy) is 1. The smallest absolute Gasteiger partial charge is 0.363 e. The van der Waals surface area contributed by atoms with E-state index in [1.54, 1.807) is 11.8 Å². The lowest BCUT2D eigenvalue weighted by Gasteiger charge is -2.40. The minimum atomic E-state index is -4.94. The Morgan fingerprint density at radius 3 is 2.57 bits per heavy atom. The van der Waals surface area contributed by atoms with Gasteiger partial charge in [0.15, 0.2) is 26.0 Å². The van der Waals surface area contributed by atoms with E-state index in [0.717, 1.165) is 12.1 Å². The highest BCUT2D eigenvalue weighted by atomic mass is 32.2. The molecule has 1 aliphatic carbocycles. The van der Waals surface area contributed by atoms with E-state index in [-0.39, 0.29) is 27.6 Å². The van der Waals surface area contributed by atoms with Crippen LogP contribution in [0.25, 0.3) is 11.2 Å². The second-order valence-electron chi connectivity index (χ2n) is 12.7. The van der Waals surface area contributed by atoms with Gasteiger partial charge in [0, 0.05) is 5.56 Å². The molecule has 254 valence electrons. The Hall–Kier alpha value is -3.61. The van der Waals surface area contributed by atoms with Gasteiger partial charge in [-0.25, -0.2) is 19.7 Å². The predicted molar refractivity (Wildman–Crippen MR) is 163 cm³/mol. The number of aliphatic hydroxyl groups excluding tert-OH is 2. The average molecular weight is 697 g/mol. The summed E-state index contributed by atoms with van der Waals surface area (Å²) in [4.78, 5) is 24.7. The second-order valence-corrected chi connectivity index (χ2v) is 18.8. The number of fused-ring (bicyclic) bond motifs is 2. The van der Waals surface area contributed by atoms with E-state index in [0.29, 0.717) is 0 Å². The number of nitrogens with zero attached hydrogens (tertiary/aromatic N) is 4. The molecule has 1 aromatic carbocycles. The van der Waals surface area contributed by atoms with E-state index in [4.69, 9.17) is 19.1 Å². The van der Waals surface area contributed by atoms with Crippen LogP contribution in [0.2, 0.25) is 18.1 Å². The van der Waals surface area contributed by atoms with E-state index in [1.807, 2.05) is 33.9 Å². The number of carbonyl (C=O) groups excluding carboxylic acids is 1. The lowest BCUT2D eigenvalue weighted by atomic mass is 9.94. The van der Waals surface area contributed by atoms with Crippen LogP contribution in [0.5, 0.6) is 0 Å². The number of halogens is 2. The molecule has 6 N–H and O–H groups in total. The van der Waals surface area contributed by atoms with Crippen LogP contribution in [0.15, 0.2) is 36.9 Å². The van der Waals surface area contributed by atoms with E-state index in [2.05, 4.69) is 15.0 Å². The molecule has 3 aromatic rings. The van der Waals surface area contributed by atoms with Crippen LogP contribution in [0, 0.1) is 11.8 Å². The molecular formula is C28H34F2N6O9SSi. The molecule has 2 aromatic heterocycles. The number of benzene rings is 1. The van der Waals surface area contributed by atoms with Gasteiger partial charge in [-0.1, -0.05) is 45.0 Å². The summed E-state index contributed by atoms with van der Waals surface area (Å²) in [6, 6.07) is 4.95. The summed E-state index contributed by atoms with van der Waals surface area (Å²) >= 11 is 0. The Morgan fingerprint density at radius 2 is 1.89 bits per heavy atom. The molecule has 15 nitrogen and oxygen atoms in total. The first-order valence-corrected chi connectivity index (χ1v) is 18.6. The molecule has 0 unspecified atom stereocenters. The number of hydrogen-bond donors (Lipinski definition) is 5. The van der Waals surface area contributed by atoms with Gasteiger partial charge in [0.25, 0.3) is 0 Å². The Labute approximate surface area is 269 Å². The summed E-state index contributed by atoms with van der Waals surface area (Å²) in [5.41, 5.74) is 2.44. The van der Waals surface area contributed by atoms with Gasteiger partial charge in [-0.05, 0) is 35.5 Å². The van der Waals surface area contributed by atoms with Crippen molar-refractivity contribution in [2.75, 3.05) is 12.3 Å². The van der Waals surface area contributed by atoms with Crippen molar-refractivity contribution < 1.29 is 50.7 Å². The molecule has 47 heavy (non-hydrogen) atoms. The van der Waals surface area contributed by atoms with Crippen LogP contribution in [-0.2, 0) is 34.0 Å². The number of aliphatic hydroxyl groups is 3. The molecule has 2 aliphatic rings. The number of rotatable bonds is 7. The third kappa shape index (κ3) is 6.11. The lowest BCUT2D eigenvalue weighted by molar-refractivity contribution is -0.197. The summed E-state index contributed by atoms with van der Waals surface area (Å²) in [6.45, 7) is 9.06. The van der Waals surface area contributed by atoms with Crippen molar-refractivity contribution in [1.29, 1.82) is 0 Å². The first kappa shape index (κ1) is 34.7. The molecular weight excluding hydrogens is 662 g/mol. The van der Waals surface area contributed by atoms with Crippen molar-refractivity contribution in [2.24, 2.45) is 0 Å². The van der Waals surface area contributed by atoms with Crippen LogP contribution in [0.3, 0.4) is 0 Å².